The molecular formula is C56H90N4O17. The molecule has 2 aromatic rings. The number of oxime groups is 1. The second-order valence-corrected chi connectivity index (χ2v) is 22.7. The van der Waals surface area contributed by atoms with Gasteiger partial charge in [-0.3, -0.25) is 14.4 Å². The van der Waals surface area contributed by atoms with Crippen molar-refractivity contribution in [2.45, 2.75) is 212 Å². The topological polar surface area (TPSA) is 276 Å². The number of nitrogens with zero attached hydrogens (tertiary/aromatic N) is 3. The van der Waals surface area contributed by atoms with Gasteiger partial charge in [0.15, 0.2) is 18.7 Å². The van der Waals surface area contributed by atoms with E-state index >= 15 is 0 Å². The van der Waals surface area contributed by atoms with Crippen LogP contribution in [0.15, 0.2) is 34.3 Å². The number of methoxy groups -OCH3 is 1. The number of aromatic nitrogens is 1. The first kappa shape index (κ1) is 63.7. The first-order chi connectivity index (χ1) is 36.1. The molecule has 1 aromatic heterocycles. The van der Waals surface area contributed by atoms with Gasteiger partial charge < -0.3 is 78.3 Å². The van der Waals surface area contributed by atoms with Crippen LogP contribution in [0, 0.1) is 23.7 Å². The van der Waals surface area contributed by atoms with Gasteiger partial charge in [-0.05, 0) is 119 Å². The van der Waals surface area contributed by atoms with E-state index in [1.807, 2.05) is 51.9 Å². The van der Waals surface area contributed by atoms with Crippen molar-refractivity contribution in [1.82, 2.24) is 14.8 Å². The lowest BCUT2D eigenvalue weighted by Gasteiger charge is -2.49. The summed E-state index contributed by atoms with van der Waals surface area (Å²) >= 11 is 0. The van der Waals surface area contributed by atoms with E-state index in [1.54, 1.807) is 59.1 Å². The van der Waals surface area contributed by atoms with Gasteiger partial charge in [0.2, 0.25) is 5.43 Å². The summed E-state index contributed by atoms with van der Waals surface area (Å²) < 4.78 is 46.5. The van der Waals surface area contributed by atoms with Crippen LogP contribution in [0.3, 0.4) is 0 Å². The normalized spacial score (nSPS) is 37.3. The average molecular weight is 1090 g/mol. The maximum Gasteiger partial charge on any atom is 0.341 e. The van der Waals surface area contributed by atoms with Crippen molar-refractivity contribution in [2.24, 2.45) is 28.8 Å². The minimum Gasteiger partial charge on any atom is -0.477 e. The number of likely N-dealkylation sites (N-methyl/N-ethyl adjacent to an activating group) is 1. The van der Waals surface area contributed by atoms with Crippen molar-refractivity contribution >= 4 is 34.5 Å². The molecule has 3 saturated heterocycles. The molecular weight excluding hydrogens is 1000 g/mol. The second kappa shape index (κ2) is 26.9. The Balaban J connectivity index is 1.36. The van der Waals surface area contributed by atoms with E-state index in [0.717, 1.165) is 5.56 Å². The molecule has 0 spiro atoms. The molecule has 0 amide bonds. The smallest absolute Gasteiger partial charge is 0.341 e. The Kier molecular flexibility index (Phi) is 22.2. The van der Waals surface area contributed by atoms with Crippen LogP contribution >= 0.6 is 0 Å². The lowest BCUT2D eigenvalue weighted by atomic mass is 9.73. The molecule has 6 N–H and O–H groups in total. The quantitative estimate of drug-likeness (QED) is 0.0685. The zero-order chi connectivity index (χ0) is 57.5. The van der Waals surface area contributed by atoms with Crippen molar-refractivity contribution in [3.05, 3.63) is 45.7 Å². The number of rotatable bonds is 18. The van der Waals surface area contributed by atoms with E-state index in [9.17, 15) is 44.7 Å². The van der Waals surface area contributed by atoms with E-state index < -0.39 is 119 Å². The lowest BCUT2D eigenvalue weighted by molar-refractivity contribution is -0.318. The average Bonchev–Trinajstić information content (AvgIpc) is 3.37. The summed E-state index contributed by atoms with van der Waals surface area (Å²) in [6.07, 6.45) is -7.25. The number of hydrogen-bond donors (Lipinski definition) is 6. The first-order valence-electron chi connectivity index (χ1n) is 27.3. The van der Waals surface area contributed by atoms with Gasteiger partial charge in [0.05, 0.1) is 59.7 Å². The highest BCUT2D eigenvalue weighted by Gasteiger charge is 2.54. The molecule has 0 bridgehead atoms. The van der Waals surface area contributed by atoms with E-state index in [4.69, 9.17) is 38.0 Å². The number of carboxylic acids is 1. The number of aromatic carboxylic acids is 1. The van der Waals surface area contributed by atoms with Crippen LogP contribution < -0.4 is 10.7 Å². The monoisotopic (exact) mass is 1090 g/mol. The SMILES string of the molecule is CC[C@H]1OC(=O)[C@H](C)[C@@H](O[C@H]2C[C@@](C)(OC)[C@@H](OC(=O)CCNCCCc3ccc4c(c3)c(=O)c(C(=O)O)cn4CC)[C@H](C)O2)[C@H](C)[C@@H](O[C@@H]2O[C@H](C)C[C@H](N(C)C)[C@H]2O)[C@](C)(O)C[C@@H](C)C(=NOC)[C@H](C)[C@@H](O)[C@]1(C)O. The van der Waals surface area contributed by atoms with Crippen molar-refractivity contribution < 1.29 is 77.9 Å². The number of aliphatic hydroxyl groups excluding tert-OH is 2. The van der Waals surface area contributed by atoms with Crippen LogP contribution in [-0.4, -0.2) is 184 Å². The molecule has 21 nitrogen and oxygen atoms in total. The van der Waals surface area contributed by atoms with Crippen LogP contribution in [0.4, 0.5) is 0 Å². The summed E-state index contributed by atoms with van der Waals surface area (Å²) in [5.74, 6) is -6.00. The molecule has 3 aliphatic heterocycles. The number of fused-ring (bicyclic) bond motifs is 1. The first-order valence-corrected chi connectivity index (χ1v) is 27.3. The molecule has 5 rings (SSSR count). The number of pyridine rings is 1. The minimum atomic E-state index is -1.98. The van der Waals surface area contributed by atoms with Crippen LogP contribution in [0.5, 0.6) is 0 Å². The number of benzene rings is 1. The van der Waals surface area contributed by atoms with Crippen LogP contribution in [0.1, 0.15) is 131 Å². The van der Waals surface area contributed by atoms with Crippen molar-refractivity contribution in [2.75, 3.05) is 41.4 Å². The maximum absolute atomic E-state index is 14.6. The van der Waals surface area contributed by atoms with Gasteiger partial charge >= 0.3 is 17.9 Å². The molecule has 21 heteroatoms. The Bertz CT molecular complexity index is 2400. The summed E-state index contributed by atoms with van der Waals surface area (Å²) in [5.41, 5.74) is -3.85. The highest BCUT2D eigenvalue weighted by Crippen LogP contribution is 2.42. The Morgan fingerprint density at radius 3 is 2.23 bits per heavy atom. The standard InChI is InChI=1S/C56H90N4O17/c1-16-41-56(11,69)48(64)32(5)44(58-71-15)30(3)27-54(9,68)49(77-53-46(63)40(59(12)13)25-31(4)72-53)33(6)47(34(7)52(67)74-41)76-43-28-55(10,70-14)50(35(8)73-43)75-42(61)22-24-57-23-18-19-36-20-21-39-37(26-36)45(62)38(51(65)66)29-60(39)17-2/h20-21,26,29-35,40-41,43,46-50,53,57,63-64,68-69H,16-19,22-25,27-28H2,1-15H3,(H,65,66)/t30-,31-,32+,33+,34-,35+,40+,41-,43+,46-,47+,48-,49-,50+,53+,54-,55-,56-/m1/s1. The number of carbonyl (C=O) groups excluding carboxylic acids is 2. The number of nitrogens with one attached hydrogen (secondary N) is 1. The maximum atomic E-state index is 14.6. The van der Waals surface area contributed by atoms with Gasteiger partial charge in [-0.2, -0.15) is 0 Å². The Labute approximate surface area is 453 Å². The highest BCUT2D eigenvalue weighted by atomic mass is 16.7. The van der Waals surface area contributed by atoms with Gasteiger partial charge in [-0.15, -0.1) is 0 Å². The molecule has 3 aliphatic rings. The molecule has 0 radical (unpaired) electrons. The van der Waals surface area contributed by atoms with Gasteiger partial charge in [-0.1, -0.05) is 38.9 Å². The van der Waals surface area contributed by atoms with Crippen LogP contribution in [0.25, 0.3) is 10.9 Å². The van der Waals surface area contributed by atoms with Crippen LogP contribution in [-0.2, 0) is 60.6 Å². The number of carboxylic acid groups (broad SMARTS) is 1. The third kappa shape index (κ3) is 14.8. The fraction of sp³-hybridized carbons (Fsp3) is 0.768. The molecule has 1 aromatic carbocycles. The van der Waals surface area contributed by atoms with E-state index in [-0.39, 0.29) is 43.4 Å². The summed E-state index contributed by atoms with van der Waals surface area (Å²) in [4.78, 5) is 59.9. The molecule has 0 aliphatic carbocycles. The van der Waals surface area contributed by atoms with Gasteiger partial charge in [0.1, 0.15) is 36.1 Å². The number of ether oxygens (including phenoxy) is 7. The fourth-order valence-corrected chi connectivity index (χ4v) is 11.9. The summed E-state index contributed by atoms with van der Waals surface area (Å²) in [6, 6.07) is 5.14. The third-order valence-corrected chi connectivity index (χ3v) is 16.3. The molecule has 3 fully saturated rings. The van der Waals surface area contributed by atoms with Gasteiger partial charge in [0.25, 0.3) is 0 Å². The zero-order valence-corrected chi connectivity index (χ0v) is 48.0. The summed E-state index contributed by atoms with van der Waals surface area (Å²) in [5, 5.41) is 66.0. The second-order valence-electron chi connectivity index (χ2n) is 22.7. The summed E-state index contributed by atoms with van der Waals surface area (Å²) in [6.45, 7) is 20.2. The predicted octanol–water partition coefficient (Wildman–Crippen LogP) is 4.42. The number of aliphatic hydroxyl groups is 4. The largest absolute Gasteiger partial charge is 0.477 e. The Morgan fingerprint density at radius 1 is 0.935 bits per heavy atom. The molecule has 4 heterocycles. The van der Waals surface area contributed by atoms with Gasteiger partial charge in [-0.25, -0.2) is 4.79 Å². The van der Waals surface area contributed by atoms with E-state index in [2.05, 4.69) is 10.5 Å². The Hall–Kier alpha value is -4.13. The van der Waals surface area contributed by atoms with Crippen molar-refractivity contribution in [3.63, 3.8) is 0 Å². The highest BCUT2D eigenvalue weighted by molar-refractivity contribution is 5.92. The zero-order valence-electron chi connectivity index (χ0n) is 48.0. The Morgan fingerprint density at radius 2 is 1.62 bits per heavy atom. The molecule has 77 heavy (non-hydrogen) atoms. The lowest BCUT2D eigenvalue weighted by Crippen LogP contribution is -2.61. The number of aryl methyl sites for hydroxylation is 2. The van der Waals surface area contributed by atoms with Crippen molar-refractivity contribution in [3.8, 4) is 0 Å². The number of hydrogen-bond acceptors (Lipinski definition) is 19. The fourth-order valence-electron chi connectivity index (χ4n) is 11.9. The minimum absolute atomic E-state index is 0.0202. The molecule has 18 atom stereocenters. The molecule has 0 saturated carbocycles. The summed E-state index contributed by atoms with van der Waals surface area (Å²) in [7, 11) is 6.56. The van der Waals surface area contributed by atoms with E-state index in [1.165, 1.54) is 27.3 Å². The number of cyclic esters (lactones) is 1. The number of carbonyl (C=O) groups is 3. The predicted molar refractivity (Wildman–Crippen MR) is 286 cm³/mol. The van der Waals surface area contributed by atoms with Crippen LogP contribution in [0.2, 0.25) is 0 Å². The van der Waals surface area contributed by atoms with Crippen molar-refractivity contribution in [1.29, 1.82) is 0 Å². The molecule has 0 unspecified atom stereocenters. The number of esters is 2. The van der Waals surface area contributed by atoms with E-state index in [0.29, 0.717) is 55.5 Å². The van der Waals surface area contributed by atoms with Gasteiger partial charge in [0, 0.05) is 62.0 Å². The molecule has 436 valence electrons. The third-order valence-electron chi connectivity index (χ3n) is 16.3.